The number of benzene rings is 2. The Morgan fingerprint density at radius 2 is 1.41 bits per heavy atom. The molecule has 0 heterocycles. The summed E-state index contributed by atoms with van der Waals surface area (Å²) in [6, 6.07) is 4.19. The quantitative estimate of drug-likeness (QED) is 0.693. The van der Waals surface area contributed by atoms with Crippen molar-refractivity contribution in [2.45, 2.75) is 0 Å². The maximum Gasteiger partial charge on any atom is 0.261 e. The summed E-state index contributed by atoms with van der Waals surface area (Å²) in [6.45, 7) is 0. The van der Waals surface area contributed by atoms with Gasteiger partial charge in [0.15, 0.2) is 17.4 Å². The molecule has 8 heteroatoms. The molecule has 0 bridgehead atoms. The molecule has 0 radical (unpaired) electrons. The van der Waals surface area contributed by atoms with Gasteiger partial charge in [-0.1, -0.05) is 0 Å². The SMILES string of the molecule is COc1c(F)c(F)c(C(=O)Nc2ccc(F)cc2)c(F)c1F. The lowest BCUT2D eigenvalue weighted by Crippen LogP contribution is -2.18. The molecule has 1 N–H and O–H groups in total. The number of methoxy groups -OCH3 is 1. The number of hydrogen-bond donors (Lipinski definition) is 1. The number of ether oxygens (including phenoxy) is 1. The smallest absolute Gasteiger partial charge is 0.261 e. The highest BCUT2D eigenvalue weighted by molar-refractivity contribution is 6.04. The number of carbonyl (C=O) groups excluding carboxylic acids is 1. The summed E-state index contributed by atoms with van der Waals surface area (Å²) < 4.78 is 71.4. The van der Waals surface area contributed by atoms with E-state index >= 15 is 0 Å². The number of amides is 1. The third-order valence-electron chi connectivity index (χ3n) is 2.76. The predicted octanol–water partition coefficient (Wildman–Crippen LogP) is 3.64. The van der Waals surface area contributed by atoms with E-state index in [1.807, 2.05) is 5.32 Å². The molecule has 1 amide bonds. The molecular weight excluding hydrogens is 309 g/mol. The normalized spacial score (nSPS) is 10.5. The molecule has 2 aromatic carbocycles. The van der Waals surface area contributed by atoms with Gasteiger partial charge in [0.2, 0.25) is 11.6 Å². The lowest BCUT2D eigenvalue weighted by atomic mass is 10.1. The maximum absolute atomic E-state index is 13.7. The van der Waals surface area contributed by atoms with Crippen LogP contribution in [-0.2, 0) is 0 Å². The topological polar surface area (TPSA) is 38.3 Å². The van der Waals surface area contributed by atoms with Crippen LogP contribution in [0.15, 0.2) is 24.3 Å². The van der Waals surface area contributed by atoms with Gasteiger partial charge < -0.3 is 10.1 Å². The van der Waals surface area contributed by atoms with E-state index in [9.17, 15) is 26.7 Å². The first-order valence-electron chi connectivity index (χ1n) is 5.83. The molecule has 0 spiro atoms. The summed E-state index contributed by atoms with van der Waals surface area (Å²) in [6.07, 6.45) is 0. The fourth-order valence-corrected chi connectivity index (χ4v) is 1.72. The zero-order valence-corrected chi connectivity index (χ0v) is 11.0. The molecule has 0 fully saturated rings. The molecule has 0 aliphatic rings. The number of carbonyl (C=O) groups is 1. The molecule has 0 saturated heterocycles. The Morgan fingerprint density at radius 1 is 0.909 bits per heavy atom. The summed E-state index contributed by atoms with van der Waals surface area (Å²) in [5, 5.41) is 2.00. The number of anilines is 1. The van der Waals surface area contributed by atoms with Gasteiger partial charge in [-0.05, 0) is 24.3 Å². The lowest BCUT2D eigenvalue weighted by molar-refractivity contribution is 0.101. The molecule has 0 unspecified atom stereocenters. The first-order chi connectivity index (χ1) is 10.4. The largest absolute Gasteiger partial charge is 0.491 e. The Bertz CT molecular complexity index is 702. The van der Waals surface area contributed by atoms with E-state index in [2.05, 4.69) is 4.74 Å². The molecular formula is C14H8F5NO2. The van der Waals surface area contributed by atoms with Crippen LogP contribution in [0, 0.1) is 29.1 Å². The van der Waals surface area contributed by atoms with E-state index in [0.717, 1.165) is 31.4 Å². The third kappa shape index (κ3) is 2.72. The second-order valence-corrected chi connectivity index (χ2v) is 4.13. The van der Waals surface area contributed by atoms with Crippen molar-refractivity contribution >= 4 is 11.6 Å². The minimum atomic E-state index is -1.89. The average Bonchev–Trinajstić information content (AvgIpc) is 2.48. The third-order valence-corrected chi connectivity index (χ3v) is 2.76. The van der Waals surface area contributed by atoms with Gasteiger partial charge in [0.25, 0.3) is 5.91 Å². The van der Waals surface area contributed by atoms with E-state index in [-0.39, 0.29) is 5.69 Å². The summed E-state index contributed by atoms with van der Waals surface area (Å²) in [5.41, 5.74) is -1.46. The molecule has 22 heavy (non-hydrogen) atoms. The van der Waals surface area contributed by atoms with E-state index in [1.165, 1.54) is 0 Å². The fraction of sp³-hybridized carbons (Fsp3) is 0.0714. The molecule has 3 nitrogen and oxygen atoms in total. The molecule has 0 aliphatic heterocycles. The Labute approximate surface area is 121 Å². The average molecular weight is 317 g/mol. The van der Waals surface area contributed by atoms with Crippen LogP contribution in [0.4, 0.5) is 27.6 Å². The number of hydrogen-bond acceptors (Lipinski definition) is 2. The highest BCUT2D eigenvalue weighted by Gasteiger charge is 2.30. The zero-order valence-electron chi connectivity index (χ0n) is 11.0. The van der Waals surface area contributed by atoms with Crippen molar-refractivity contribution in [2.75, 3.05) is 12.4 Å². The number of halogens is 5. The maximum atomic E-state index is 13.7. The van der Waals surface area contributed by atoms with Crippen LogP contribution in [0.2, 0.25) is 0 Å². The fourth-order valence-electron chi connectivity index (χ4n) is 1.72. The minimum Gasteiger partial charge on any atom is -0.491 e. The van der Waals surface area contributed by atoms with Crippen molar-refractivity contribution in [3.8, 4) is 5.75 Å². The molecule has 0 aromatic heterocycles. The van der Waals surface area contributed by atoms with Crippen LogP contribution < -0.4 is 10.1 Å². The first-order valence-corrected chi connectivity index (χ1v) is 5.83. The van der Waals surface area contributed by atoms with Crippen molar-refractivity contribution in [1.29, 1.82) is 0 Å². The van der Waals surface area contributed by atoms with Gasteiger partial charge in [-0.2, -0.15) is 8.78 Å². The van der Waals surface area contributed by atoms with Gasteiger partial charge in [0.05, 0.1) is 7.11 Å². The Morgan fingerprint density at radius 3 is 1.86 bits per heavy atom. The summed E-state index contributed by atoms with van der Waals surface area (Å²) in [5.74, 6) is -10.7. The van der Waals surface area contributed by atoms with Crippen LogP contribution in [0.3, 0.4) is 0 Å². The van der Waals surface area contributed by atoms with E-state index < -0.39 is 46.3 Å². The Kier molecular flexibility index (Phi) is 4.30. The van der Waals surface area contributed by atoms with Crippen molar-refractivity contribution in [3.63, 3.8) is 0 Å². The summed E-state index contributed by atoms with van der Waals surface area (Å²) >= 11 is 0. The van der Waals surface area contributed by atoms with Crippen molar-refractivity contribution in [2.24, 2.45) is 0 Å². The van der Waals surface area contributed by atoms with Gasteiger partial charge in [-0.3, -0.25) is 4.79 Å². The monoisotopic (exact) mass is 317 g/mol. The highest BCUT2D eigenvalue weighted by Crippen LogP contribution is 2.30. The minimum absolute atomic E-state index is 0.0122. The van der Waals surface area contributed by atoms with Crippen LogP contribution in [0.5, 0.6) is 5.75 Å². The molecule has 2 aromatic rings. The van der Waals surface area contributed by atoms with Crippen LogP contribution in [-0.4, -0.2) is 13.0 Å². The van der Waals surface area contributed by atoms with Crippen molar-refractivity contribution in [3.05, 3.63) is 58.9 Å². The Balaban J connectivity index is 2.44. The predicted molar refractivity (Wildman–Crippen MR) is 67.2 cm³/mol. The van der Waals surface area contributed by atoms with Crippen LogP contribution in [0.25, 0.3) is 0 Å². The zero-order chi connectivity index (χ0) is 16.4. The second-order valence-electron chi connectivity index (χ2n) is 4.13. The van der Waals surface area contributed by atoms with E-state index in [4.69, 9.17) is 0 Å². The molecule has 0 atom stereocenters. The lowest BCUT2D eigenvalue weighted by Gasteiger charge is -2.11. The molecule has 0 saturated carbocycles. The molecule has 2 rings (SSSR count). The van der Waals surface area contributed by atoms with Crippen LogP contribution in [0.1, 0.15) is 10.4 Å². The first kappa shape index (κ1) is 15.7. The van der Waals surface area contributed by atoms with E-state index in [0.29, 0.717) is 0 Å². The number of nitrogens with one attached hydrogen (secondary N) is 1. The van der Waals surface area contributed by atoms with Gasteiger partial charge in [-0.25, -0.2) is 13.2 Å². The van der Waals surface area contributed by atoms with Crippen LogP contribution >= 0.6 is 0 Å². The standard InChI is InChI=1S/C14H8F5NO2/c1-22-13-11(18)9(16)8(10(17)12(13)19)14(21)20-7-4-2-6(15)3-5-7/h2-5H,1H3,(H,20,21). The second kappa shape index (κ2) is 6.00. The van der Waals surface area contributed by atoms with Gasteiger partial charge in [0, 0.05) is 5.69 Å². The molecule has 0 aliphatic carbocycles. The summed E-state index contributed by atoms with van der Waals surface area (Å²) in [4.78, 5) is 11.8. The highest BCUT2D eigenvalue weighted by atomic mass is 19.2. The Hall–Kier alpha value is -2.64. The van der Waals surface area contributed by atoms with E-state index in [1.54, 1.807) is 0 Å². The van der Waals surface area contributed by atoms with Crippen molar-refractivity contribution in [1.82, 2.24) is 0 Å². The van der Waals surface area contributed by atoms with Gasteiger partial charge in [-0.15, -0.1) is 0 Å². The van der Waals surface area contributed by atoms with Gasteiger partial charge >= 0.3 is 0 Å². The van der Waals surface area contributed by atoms with Crippen molar-refractivity contribution < 1.29 is 31.5 Å². The summed E-state index contributed by atoms with van der Waals surface area (Å²) in [7, 11) is 0.818. The number of rotatable bonds is 3. The van der Waals surface area contributed by atoms with Gasteiger partial charge in [0.1, 0.15) is 11.4 Å². The molecule has 116 valence electrons.